The molecule has 13 heavy (non-hydrogen) atoms. The van der Waals surface area contributed by atoms with Gasteiger partial charge in [-0.1, -0.05) is 6.07 Å². The molecular formula is C9H11BrO3. The molecule has 0 aromatic heterocycles. The molecule has 0 aliphatic heterocycles. The Morgan fingerprint density at radius 2 is 2.23 bits per heavy atom. The quantitative estimate of drug-likeness (QED) is 0.850. The van der Waals surface area contributed by atoms with Crippen molar-refractivity contribution in [2.45, 2.75) is 6.10 Å². The van der Waals surface area contributed by atoms with Crippen LogP contribution in [-0.4, -0.2) is 23.9 Å². The highest BCUT2D eigenvalue weighted by molar-refractivity contribution is 9.10. The Bertz CT molecular complexity index is 288. The van der Waals surface area contributed by atoms with Gasteiger partial charge in [-0.05, 0) is 33.6 Å². The highest BCUT2D eigenvalue weighted by Gasteiger charge is 2.08. The minimum absolute atomic E-state index is 0.279. The van der Waals surface area contributed by atoms with Gasteiger partial charge in [0.05, 0.1) is 18.2 Å². The van der Waals surface area contributed by atoms with E-state index in [0.717, 1.165) is 4.47 Å². The van der Waals surface area contributed by atoms with E-state index >= 15 is 0 Å². The van der Waals surface area contributed by atoms with Crippen molar-refractivity contribution in [1.29, 1.82) is 0 Å². The third-order valence-corrected chi connectivity index (χ3v) is 2.35. The van der Waals surface area contributed by atoms with Crippen LogP contribution < -0.4 is 4.74 Å². The maximum Gasteiger partial charge on any atom is 0.133 e. The van der Waals surface area contributed by atoms with Crippen LogP contribution in [0, 0.1) is 0 Å². The van der Waals surface area contributed by atoms with Crippen LogP contribution >= 0.6 is 15.9 Å². The van der Waals surface area contributed by atoms with E-state index in [9.17, 15) is 5.11 Å². The van der Waals surface area contributed by atoms with Crippen LogP contribution in [0.15, 0.2) is 22.7 Å². The van der Waals surface area contributed by atoms with Gasteiger partial charge in [0.2, 0.25) is 0 Å². The van der Waals surface area contributed by atoms with E-state index in [1.54, 1.807) is 25.3 Å². The van der Waals surface area contributed by atoms with Gasteiger partial charge in [-0.15, -0.1) is 0 Å². The fourth-order valence-corrected chi connectivity index (χ4v) is 1.55. The Morgan fingerprint density at radius 1 is 1.54 bits per heavy atom. The molecule has 2 N–H and O–H groups in total. The number of methoxy groups -OCH3 is 1. The average molecular weight is 247 g/mol. The molecule has 0 heterocycles. The van der Waals surface area contributed by atoms with Gasteiger partial charge in [0.1, 0.15) is 11.9 Å². The van der Waals surface area contributed by atoms with E-state index in [1.165, 1.54) is 0 Å². The molecule has 0 amide bonds. The number of halogens is 1. The van der Waals surface area contributed by atoms with Gasteiger partial charge in [0.25, 0.3) is 0 Å². The second-order valence-corrected chi connectivity index (χ2v) is 3.45. The minimum atomic E-state index is -0.831. The van der Waals surface area contributed by atoms with Crippen LogP contribution in [0.1, 0.15) is 11.7 Å². The molecule has 4 heteroatoms. The first-order valence-corrected chi connectivity index (χ1v) is 4.60. The SMILES string of the molecule is COc1ccc([C@H](O)CO)cc1Br. The molecule has 0 saturated heterocycles. The lowest BCUT2D eigenvalue weighted by Gasteiger charge is -2.09. The number of aliphatic hydroxyl groups excluding tert-OH is 2. The Hall–Kier alpha value is -0.580. The molecule has 1 aromatic carbocycles. The van der Waals surface area contributed by atoms with Crippen LogP contribution in [0.25, 0.3) is 0 Å². The number of hydrogen-bond donors (Lipinski definition) is 2. The number of hydrogen-bond acceptors (Lipinski definition) is 3. The first-order valence-electron chi connectivity index (χ1n) is 3.81. The van der Waals surface area contributed by atoms with Gasteiger partial charge in [-0.2, -0.15) is 0 Å². The van der Waals surface area contributed by atoms with Gasteiger partial charge < -0.3 is 14.9 Å². The molecule has 3 nitrogen and oxygen atoms in total. The maximum atomic E-state index is 9.31. The summed E-state index contributed by atoms with van der Waals surface area (Å²) in [4.78, 5) is 0. The summed E-state index contributed by atoms with van der Waals surface area (Å²) in [5.74, 6) is 0.703. The Balaban J connectivity index is 2.95. The van der Waals surface area contributed by atoms with Gasteiger partial charge in [-0.25, -0.2) is 0 Å². The Labute approximate surface area is 85.1 Å². The standard InChI is InChI=1S/C9H11BrO3/c1-13-9-3-2-6(4-7(9)10)8(12)5-11/h2-4,8,11-12H,5H2,1H3/t8-/m1/s1. The fraction of sp³-hybridized carbons (Fsp3) is 0.333. The lowest BCUT2D eigenvalue weighted by Crippen LogP contribution is -2.02. The van der Waals surface area contributed by atoms with Crippen molar-refractivity contribution in [3.8, 4) is 5.75 Å². The zero-order chi connectivity index (χ0) is 9.84. The zero-order valence-corrected chi connectivity index (χ0v) is 8.78. The van der Waals surface area contributed by atoms with Crippen LogP contribution in [0.5, 0.6) is 5.75 Å². The monoisotopic (exact) mass is 246 g/mol. The van der Waals surface area contributed by atoms with Gasteiger partial charge in [0, 0.05) is 0 Å². The third-order valence-electron chi connectivity index (χ3n) is 1.73. The van der Waals surface area contributed by atoms with Gasteiger partial charge >= 0.3 is 0 Å². The van der Waals surface area contributed by atoms with E-state index in [0.29, 0.717) is 11.3 Å². The number of rotatable bonds is 3. The Kier molecular flexibility index (Phi) is 3.71. The molecule has 0 aliphatic carbocycles. The molecule has 0 spiro atoms. The molecule has 1 atom stereocenters. The van der Waals surface area contributed by atoms with Crippen LogP contribution in [0.3, 0.4) is 0 Å². The highest BCUT2D eigenvalue weighted by Crippen LogP contribution is 2.27. The first-order chi connectivity index (χ1) is 6.19. The highest BCUT2D eigenvalue weighted by atomic mass is 79.9. The van der Waals surface area contributed by atoms with Crippen molar-refractivity contribution in [3.63, 3.8) is 0 Å². The maximum absolute atomic E-state index is 9.31. The molecule has 0 radical (unpaired) electrons. The number of benzene rings is 1. The predicted molar refractivity (Wildman–Crippen MR) is 52.7 cm³/mol. The van der Waals surface area contributed by atoms with E-state index < -0.39 is 6.10 Å². The van der Waals surface area contributed by atoms with E-state index in [4.69, 9.17) is 9.84 Å². The fourth-order valence-electron chi connectivity index (χ4n) is 0.995. The number of aliphatic hydroxyl groups is 2. The second kappa shape index (κ2) is 4.60. The molecule has 0 unspecified atom stereocenters. The summed E-state index contributed by atoms with van der Waals surface area (Å²) in [5.41, 5.74) is 0.662. The molecule has 0 aliphatic rings. The van der Waals surface area contributed by atoms with Crippen molar-refractivity contribution >= 4 is 15.9 Å². The minimum Gasteiger partial charge on any atom is -0.496 e. The normalized spacial score (nSPS) is 12.6. The Morgan fingerprint density at radius 3 is 2.69 bits per heavy atom. The summed E-state index contributed by atoms with van der Waals surface area (Å²) in [6.07, 6.45) is -0.831. The molecule has 0 bridgehead atoms. The van der Waals surface area contributed by atoms with Crippen LogP contribution in [0.2, 0.25) is 0 Å². The lowest BCUT2D eigenvalue weighted by molar-refractivity contribution is 0.0955. The van der Waals surface area contributed by atoms with Crippen LogP contribution in [-0.2, 0) is 0 Å². The van der Waals surface area contributed by atoms with E-state index in [1.807, 2.05) is 0 Å². The molecular weight excluding hydrogens is 236 g/mol. The molecule has 1 rings (SSSR count). The van der Waals surface area contributed by atoms with Crippen molar-refractivity contribution in [2.75, 3.05) is 13.7 Å². The molecule has 0 saturated carbocycles. The van der Waals surface area contributed by atoms with Crippen molar-refractivity contribution in [1.82, 2.24) is 0 Å². The second-order valence-electron chi connectivity index (χ2n) is 2.59. The summed E-state index contributed by atoms with van der Waals surface area (Å²) in [6, 6.07) is 5.17. The summed E-state index contributed by atoms with van der Waals surface area (Å²) < 4.78 is 5.79. The first kappa shape index (κ1) is 10.5. The third kappa shape index (κ3) is 2.43. The summed E-state index contributed by atoms with van der Waals surface area (Å²) >= 11 is 3.29. The largest absolute Gasteiger partial charge is 0.496 e. The molecule has 0 fully saturated rings. The van der Waals surface area contributed by atoms with Crippen molar-refractivity contribution in [2.24, 2.45) is 0 Å². The van der Waals surface area contributed by atoms with E-state index in [2.05, 4.69) is 15.9 Å². The summed E-state index contributed by atoms with van der Waals surface area (Å²) in [6.45, 7) is -0.279. The topological polar surface area (TPSA) is 49.7 Å². The zero-order valence-electron chi connectivity index (χ0n) is 7.20. The van der Waals surface area contributed by atoms with Crippen molar-refractivity contribution < 1.29 is 14.9 Å². The predicted octanol–water partition coefficient (Wildman–Crippen LogP) is 1.48. The average Bonchev–Trinajstić information content (AvgIpc) is 2.16. The summed E-state index contributed by atoms with van der Waals surface area (Å²) in [5, 5.41) is 18.0. The molecule has 72 valence electrons. The summed E-state index contributed by atoms with van der Waals surface area (Å²) in [7, 11) is 1.57. The molecule has 1 aromatic rings. The lowest BCUT2D eigenvalue weighted by atomic mass is 10.1. The smallest absolute Gasteiger partial charge is 0.133 e. The number of ether oxygens (including phenoxy) is 1. The van der Waals surface area contributed by atoms with Gasteiger partial charge in [0.15, 0.2) is 0 Å². The van der Waals surface area contributed by atoms with E-state index in [-0.39, 0.29) is 6.61 Å². The van der Waals surface area contributed by atoms with Crippen molar-refractivity contribution in [3.05, 3.63) is 28.2 Å². The van der Waals surface area contributed by atoms with Crippen LogP contribution in [0.4, 0.5) is 0 Å². The van der Waals surface area contributed by atoms with Gasteiger partial charge in [-0.3, -0.25) is 0 Å².